The molecule has 0 saturated heterocycles. The third kappa shape index (κ3) is 4.20. The van der Waals surface area contributed by atoms with Crippen molar-refractivity contribution in [2.75, 3.05) is 27.2 Å². The van der Waals surface area contributed by atoms with Gasteiger partial charge in [-0.3, -0.25) is 0 Å². The molecule has 1 saturated carbocycles. The first-order chi connectivity index (χ1) is 10.2. The second kappa shape index (κ2) is 7.44. The molecule has 4 heteroatoms. The number of rotatable bonds is 7. The third-order valence-electron chi connectivity index (χ3n) is 4.47. The highest BCUT2D eigenvalue weighted by Gasteiger charge is 2.35. The van der Waals surface area contributed by atoms with E-state index in [0.29, 0.717) is 5.54 Å². The van der Waals surface area contributed by atoms with Crippen LogP contribution in [0.15, 0.2) is 24.3 Å². The molecule has 0 atom stereocenters. The Bertz CT molecular complexity index is 487. The van der Waals surface area contributed by atoms with Gasteiger partial charge in [-0.2, -0.15) is 5.26 Å². The molecule has 0 spiro atoms. The van der Waals surface area contributed by atoms with Crippen LogP contribution < -0.4 is 10.1 Å². The molecule has 1 aromatic carbocycles. The molecule has 1 fully saturated rings. The van der Waals surface area contributed by atoms with Crippen LogP contribution in [0, 0.1) is 11.3 Å². The Morgan fingerprint density at radius 2 is 2.10 bits per heavy atom. The lowest BCUT2D eigenvalue weighted by Crippen LogP contribution is -2.49. The van der Waals surface area contributed by atoms with E-state index in [1.165, 1.54) is 31.2 Å². The fourth-order valence-corrected chi connectivity index (χ4v) is 3.12. The predicted octanol–water partition coefficient (Wildman–Crippen LogP) is 2.55. The Hall–Kier alpha value is -1.57. The Kier molecular flexibility index (Phi) is 5.60. The van der Waals surface area contributed by atoms with Crippen LogP contribution in [0.2, 0.25) is 0 Å². The first-order valence-corrected chi connectivity index (χ1v) is 7.63. The van der Waals surface area contributed by atoms with Crippen LogP contribution in [0.1, 0.15) is 31.2 Å². The number of nitrogens with one attached hydrogen (secondary N) is 1. The van der Waals surface area contributed by atoms with Gasteiger partial charge in [-0.25, -0.2) is 0 Å². The van der Waals surface area contributed by atoms with Crippen LogP contribution in [0.5, 0.6) is 5.75 Å². The number of hydrogen-bond acceptors (Lipinski definition) is 4. The highest BCUT2D eigenvalue weighted by molar-refractivity contribution is 5.28. The minimum absolute atomic E-state index is 0.0978. The lowest BCUT2D eigenvalue weighted by molar-refractivity contribution is 0.153. The summed E-state index contributed by atoms with van der Waals surface area (Å²) in [5.41, 5.74) is 1.51. The van der Waals surface area contributed by atoms with Crippen LogP contribution >= 0.6 is 0 Å². The molecule has 1 aromatic rings. The molecule has 0 aromatic heterocycles. The van der Waals surface area contributed by atoms with E-state index in [-0.39, 0.29) is 6.61 Å². The minimum atomic E-state index is 0.0978. The topological polar surface area (TPSA) is 48.3 Å². The monoisotopic (exact) mass is 287 g/mol. The van der Waals surface area contributed by atoms with Crippen molar-refractivity contribution in [3.63, 3.8) is 0 Å². The van der Waals surface area contributed by atoms with Gasteiger partial charge in [-0.15, -0.1) is 0 Å². The third-order valence-corrected chi connectivity index (χ3v) is 4.47. The molecule has 1 aliphatic rings. The summed E-state index contributed by atoms with van der Waals surface area (Å²) >= 11 is 0. The molecule has 0 amide bonds. The quantitative estimate of drug-likeness (QED) is 0.837. The van der Waals surface area contributed by atoms with Gasteiger partial charge in [-0.05, 0) is 44.6 Å². The molecule has 0 heterocycles. The standard InChI is InChI=1S/C17H25N3O/c1-20(2)17(8-3-4-9-17)14-19-13-15-6-5-7-16(12-15)21-11-10-18/h5-7,12,19H,3-4,8-9,11,13-14H2,1-2H3. The van der Waals surface area contributed by atoms with Crippen LogP contribution in [0.4, 0.5) is 0 Å². The Morgan fingerprint density at radius 1 is 1.33 bits per heavy atom. The molecule has 0 unspecified atom stereocenters. The maximum Gasteiger partial charge on any atom is 0.174 e. The van der Waals surface area contributed by atoms with Crippen LogP contribution in [-0.4, -0.2) is 37.7 Å². The summed E-state index contributed by atoms with van der Waals surface area (Å²) < 4.78 is 5.34. The number of nitriles is 1. The largest absolute Gasteiger partial charge is 0.479 e. The summed E-state index contributed by atoms with van der Waals surface area (Å²) in [7, 11) is 4.37. The molecule has 0 bridgehead atoms. The summed E-state index contributed by atoms with van der Waals surface area (Å²) in [5, 5.41) is 12.1. The predicted molar refractivity (Wildman–Crippen MR) is 84.1 cm³/mol. The molecule has 21 heavy (non-hydrogen) atoms. The van der Waals surface area contributed by atoms with Crippen molar-refractivity contribution < 1.29 is 4.74 Å². The highest BCUT2D eigenvalue weighted by atomic mass is 16.5. The number of benzene rings is 1. The number of likely N-dealkylation sites (N-methyl/N-ethyl adjacent to an activating group) is 1. The fraction of sp³-hybridized carbons (Fsp3) is 0.588. The summed E-state index contributed by atoms with van der Waals surface area (Å²) in [4.78, 5) is 2.37. The minimum Gasteiger partial charge on any atom is -0.479 e. The maximum absolute atomic E-state index is 8.55. The molecular weight excluding hydrogens is 262 g/mol. The number of nitrogens with zero attached hydrogens (tertiary/aromatic N) is 2. The summed E-state index contributed by atoms with van der Waals surface area (Å²) in [6.45, 7) is 1.95. The smallest absolute Gasteiger partial charge is 0.174 e. The van der Waals surface area contributed by atoms with Crippen molar-refractivity contribution in [2.24, 2.45) is 0 Å². The summed E-state index contributed by atoms with van der Waals surface area (Å²) in [5.74, 6) is 0.763. The molecule has 1 aliphatic carbocycles. The second-order valence-electron chi connectivity index (χ2n) is 6.02. The van der Waals surface area contributed by atoms with E-state index in [2.05, 4.69) is 30.4 Å². The van der Waals surface area contributed by atoms with E-state index in [9.17, 15) is 0 Å². The number of hydrogen-bond donors (Lipinski definition) is 1. The van der Waals surface area contributed by atoms with Crippen LogP contribution in [0.25, 0.3) is 0 Å². The fourth-order valence-electron chi connectivity index (χ4n) is 3.12. The molecule has 114 valence electrons. The van der Waals surface area contributed by atoms with Gasteiger partial charge in [0.05, 0.1) is 0 Å². The zero-order valence-electron chi connectivity index (χ0n) is 13.1. The maximum atomic E-state index is 8.55. The molecule has 0 radical (unpaired) electrons. The normalized spacial score (nSPS) is 16.9. The lowest BCUT2D eigenvalue weighted by Gasteiger charge is -2.36. The van der Waals surface area contributed by atoms with Crippen molar-refractivity contribution in [2.45, 2.75) is 37.8 Å². The molecule has 2 rings (SSSR count). The molecule has 1 N–H and O–H groups in total. The van der Waals surface area contributed by atoms with Gasteiger partial charge in [0.2, 0.25) is 0 Å². The van der Waals surface area contributed by atoms with E-state index >= 15 is 0 Å². The van der Waals surface area contributed by atoms with E-state index < -0.39 is 0 Å². The van der Waals surface area contributed by atoms with Crippen molar-refractivity contribution in [3.8, 4) is 11.8 Å². The van der Waals surface area contributed by atoms with E-state index in [0.717, 1.165) is 18.8 Å². The van der Waals surface area contributed by atoms with E-state index in [1.54, 1.807) is 0 Å². The average Bonchev–Trinajstić information content (AvgIpc) is 2.96. The zero-order valence-corrected chi connectivity index (χ0v) is 13.1. The SMILES string of the molecule is CN(C)C1(CNCc2cccc(OCC#N)c2)CCCC1. The van der Waals surface area contributed by atoms with Gasteiger partial charge in [0.25, 0.3) is 0 Å². The van der Waals surface area contributed by atoms with Crippen LogP contribution in [-0.2, 0) is 6.54 Å². The second-order valence-corrected chi connectivity index (χ2v) is 6.02. The molecular formula is C17H25N3O. The Morgan fingerprint density at radius 3 is 2.76 bits per heavy atom. The van der Waals surface area contributed by atoms with Crippen molar-refractivity contribution in [1.29, 1.82) is 5.26 Å². The average molecular weight is 287 g/mol. The Balaban J connectivity index is 1.87. The van der Waals surface area contributed by atoms with Crippen molar-refractivity contribution >= 4 is 0 Å². The zero-order chi connectivity index (χ0) is 15.1. The van der Waals surface area contributed by atoms with Gasteiger partial charge in [0.1, 0.15) is 11.8 Å². The van der Waals surface area contributed by atoms with Crippen molar-refractivity contribution in [3.05, 3.63) is 29.8 Å². The van der Waals surface area contributed by atoms with Gasteiger partial charge in [0.15, 0.2) is 6.61 Å². The van der Waals surface area contributed by atoms with Gasteiger partial charge >= 0.3 is 0 Å². The van der Waals surface area contributed by atoms with Gasteiger partial charge in [-0.1, -0.05) is 25.0 Å². The summed E-state index contributed by atoms with van der Waals surface area (Å²) in [6.07, 6.45) is 5.21. The van der Waals surface area contributed by atoms with Gasteiger partial charge < -0.3 is 15.0 Å². The first kappa shape index (κ1) is 15.8. The van der Waals surface area contributed by atoms with Crippen LogP contribution in [0.3, 0.4) is 0 Å². The Labute approximate surface area is 127 Å². The lowest BCUT2D eigenvalue weighted by atomic mass is 9.96. The number of ether oxygens (including phenoxy) is 1. The molecule has 4 nitrogen and oxygen atoms in total. The van der Waals surface area contributed by atoms with E-state index in [1.807, 2.05) is 24.3 Å². The molecule has 0 aliphatic heterocycles. The van der Waals surface area contributed by atoms with E-state index in [4.69, 9.17) is 10.00 Å². The van der Waals surface area contributed by atoms with Gasteiger partial charge in [0, 0.05) is 18.6 Å². The first-order valence-electron chi connectivity index (χ1n) is 7.63. The summed E-state index contributed by atoms with van der Waals surface area (Å²) in [6, 6.07) is 9.94. The highest BCUT2D eigenvalue weighted by Crippen LogP contribution is 2.33. The van der Waals surface area contributed by atoms with Crippen molar-refractivity contribution in [1.82, 2.24) is 10.2 Å².